The van der Waals surface area contributed by atoms with Crippen LogP contribution in [0.15, 0.2) is 30.5 Å². The second-order valence-electron chi connectivity index (χ2n) is 3.67. The molecule has 0 unspecified atom stereocenters. The molecule has 0 amide bonds. The Morgan fingerprint density at radius 1 is 1.31 bits per heavy atom. The number of fused-ring (bicyclic) bond motifs is 1. The van der Waals surface area contributed by atoms with Crippen LogP contribution in [-0.2, 0) is 0 Å². The first-order valence-corrected chi connectivity index (χ1v) is 6.13. The molecule has 2 nitrogen and oxygen atoms in total. The first-order valence-electron chi connectivity index (χ1n) is 4.94. The number of hydrogen-bond donors (Lipinski definition) is 1. The number of thiophene rings is 1. The van der Waals surface area contributed by atoms with E-state index in [1.165, 1.54) is 20.5 Å². The lowest BCUT2D eigenvalue weighted by Crippen LogP contribution is -1.76. The number of rotatable bonds is 1. The molecular weight excluding hydrogens is 240 g/mol. The van der Waals surface area contributed by atoms with E-state index in [-0.39, 0.29) is 0 Å². The van der Waals surface area contributed by atoms with Gasteiger partial charge in [0.15, 0.2) is 0 Å². The Morgan fingerprint density at radius 2 is 2.19 bits per heavy atom. The smallest absolute Gasteiger partial charge is 0.0753 e. The molecular formula is C12H9ClN2S. The zero-order valence-electron chi connectivity index (χ0n) is 8.62. The van der Waals surface area contributed by atoms with Crippen LogP contribution >= 0.6 is 22.9 Å². The Balaban J connectivity index is 2.32. The van der Waals surface area contributed by atoms with E-state index in [0.29, 0.717) is 0 Å². The van der Waals surface area contributed by atoms with Gasteiger partial charge in [0.2, 0.25) is 0 Å². The van der Waals surface area contributed by atoms with Crippen LogP contribution in [0.25, 0.3) is 20.7 Å². The molecule has 0 spiro atoms. The minimum Gasteiger partial charge on any atom is -0.277 e. The minimum absolute atomic E-state index is 0.782. The summed E-state index contributed by atoms with van der Waals surface area (Å²) in [6.07, 6.45) is 1.77. The van der Waals surface area contributed by atoms with E-state index in [4.69, 9.17) is 11.6 Å². The second kappa shape index (κ2) is 3.61. The third-order valence-electron chi connectivity index (χ3n) is 2.64. The van der Waals surface area contributed by atoms with Crippen molar-refractivity contribution in [1.29, 1.82) is 0 Å². The van der Waals surface area contributed by atoms with Crippen molar-refractivity contribution >= 4 is 33.0 Å². The Hall–Kier alpha value is -1.32. The molecule has 3 rings (SSSR count). The normalized spacial score (nSPS) is 11.1. The summed E-state index contributed by atoms with van der Waals surface area (Å²) in [6, 6.07) is 7.99. The molecule has 1 aromatic carbocycles. The van der Waals surface area contributed by atoms with Crippen molar-refractivity contribution in [3.63, 3.8) is 0 Å². The summed E-state index contributed by atoms with van der Waals surface area (Å²) in [5, 5.41) is 8.99. The molecule has 0 saturated carbocycles. The number of benzene rings is 1. The van der Waals surface area contributed by atoms with Gasteiger partial charge in [-0.1, -0.05) is 11.6 Å². The molecule has 2 aromatic heterocycles. The van der Waals surface area contributed by atoms with Crippen LogP contribution in [0.5, 0.6) is 0 Å². The fourth-order valence-electron chi connectivity index (χ4n) is 1.83. The van der Waals surface area contributed by atoms with Gasteiger partial charge in [-0.15, -0.1) is 11.3 Å². The first-order chi connectivity index (χ1) is 7.75. The van der Waals surface area contributed by atoms with Gasteiger partial charge in [0.1, 0.15) is 0 Å². The highest BCUT2D eigenvalue weighted by Crippen LogP contribution is 2.38. The molecule has 16 heavy (non-hydrogen) atoms. The number of aromatic nitrogens is 2. The summed E-state index contributed by atoms with van der Waals surface area (Å²) in [5.41, 5.74) is 2.32. The summed E-state index contributed by atoms with van der Waals surface area (Å²) in [6.45, 7) is 2.12. The molecule has 0 fully saturated rings. The van der Waals surface area contributed by atoms with E-state index in [9.17, 15) is 0 Å². The van der Waals surface area contributed by atoms with Crippen molar-refractivity contribution in [3.05, 3.63) is 41.0 Å². The molecule has 0 atom stereocenters. The average Bonchev–Trinajstić information content (AvgIpc) is 2.87. The van der Waals surface area contributed by atoms with E-state index < -0.39 is 0 Å². The van der Waals surface area contributed by atoms with Crippen LogP contribution in [0, 0.1) is 6.92 Å². The summed E-state index contributed by atoms with van der Waals surface area (Å²) < 4.78 is 1.26. The molecule has 3 aromatic rings. The number of nitrogens with one attached hydrogen (secondary N) is 1. The summed E-state index contributed by atoms with van der Waals surface area (Å²) in [4.78, 5) is 1.23. The molecule has 0 aliphatic rings. The lowest BCUT2D eigenvalue weighted by molar-refractivity contribution is 1.10. The highest BCUT2D eigenvalue weighted by atomic mass is 35.5. The van der Waals surface area contributed by atoms with Gasteiger partial charge in [-0.3, -0.25) is 5.10 Å². The Bertz CT molecular complexity index is 640. The highest BCUT2D eigenvalue weighted by molar-refractivity contribution is 7.22. The lowest BCUT2D eigenvalue weighted by Gasteiger charge is -1.94. The van der Waals surface area contributed by atoms with Gasteiger partial charge in [-0.05, 0) is 42.1 Å². The first kappa shape index (κ1) is 9.87. The number of nitrogens with zero attached hydrogens (tertiary/aromatic N) is 1. The maximum atomic E-state index is 6.01. The van der Waals surface area contributed by atoms with Crippen molar-refractivity contribution in [2.75, 3.05) is 0 Å². The average molecular weight is 249 g/mol. The van der Waals surface area contributed by atoms with Crippen LogP contribution in [0.2, 0.25) is 5.02 Å². The van der Waals surface area contributed by atoms with E-state index >= 15 is 0 Å². The molecule has 0 aliphatic carbocycles. The maximum absolute atomic E-state index is 6.01. The summed E-state index contributed by atoms with van der Waals surface area (Å²) >= 11 is 7.77. The highest BCUT2D eigenvalue weighted by Gasteiger charge is 2.11. The van der Waals surface area contributed by atoms with Gasteiger partial charge in [-0.2, -0.15) is 5.10 Å². The third-order valence-corrected chi connectivity index (χ3v) is 4.18. The fourth-order valence-corrected chi connectivity index (χ4v) is 3.17. The molecule has 1 N–H and O–H groups in total. The predicted molar refractivity (Wildman–Crippen MR) is 69.2 cm³/mol. The third kappa shape index (κ3) is 1.44. The van der Waals surface area contributed by atoms with E-state index in [1.807, 2.05) is 18.2 Å². The predicted octanol–water partition coefficient (Wildman–Crippen LogP) is 4.25. The lowest BCUT2D eigenvalue weighted by atomic mass is 10.1. The minimum atomic E-state index is 0.782. The van der Waals surface area contributed by atoms with Gasteiger partial charge in [0, 0.05) is 15.9 Å². The van der Waals surface area contributed by atoms with Gasteiger partial charge in [0.05, 0.1) is 10.6 Å². The largest absolute Gasteiger partial charge is 0.277 e. The van der Waals surface area contributed by atoms with Crippen LogP contribution in [0.3, 0.4) is 0 Å². The van der Waals surface area contributed by atoms with Crippen molar-refractivity contribution in [2.24, 2.45) is 0 Å². The number of halogens is 1. The Morgan fingerprint density at radius 3 is 2.94 bits per heavy atom. The molecule has 4 heteroatoms. The summed E-state index contributed by atoms with van der Waals surface area (Å²) in [7, 11) is 0. The van der Waals surface area contributed by atoms with Gasteiger partial charge < -0.3 is 0 Å². The van der Waals surface area contributed by atoms with E-state index in [2.05, 4.69) is 23.2 Å². The standard InChI is InChI=1S/C12H9ClN2S/c1-7-9-6-8(13)2-3-11(9)16-12(7)10-4-5-14-15-10/h2-6H,1H3,(H,14,15). The number of hydrogen-bond acceptors (Lipinski definition) is 2. The van der Waals surface area contributed by atoms with E-state index in [0.717, 1.165) is 10.7 Å². The topological polar surface area (TPSA) is 28.7 Å². The molecule has 0 bridgehead atoms. The van der Waals surface area contributed by atoms with Crippen molar-refractivity contribution in [3.8, 4) is 10.6 Å². The fraction of sp³-hybridized carbons (Fsp3) is 0.0833. The maximum Gasteiger partial charge on any atom is 0.0753 e. The Labute approximate surface area is 102 Å². The molecule has 0 saturated heterocycles. The summed E-state index contributed by atoms with van der Waals surface area (Å²) in [5.74, 6) is 0. The van der Waals surface area contributed by atoms with Gasteiger partial charge in [-0.25, -0.2) is 0 Å². The number of aryl methyl sites for hydroxylation is 1. The van der Waals surface area contributed by atoms with E-state index in [1.54, 1.807) is 17.5 Å². The van der Waals surface area contributed by atoms with Crippen molar-refractivity contribution in [1.82, 2.24) is 10.2 Å². The Kier molecular flexibility index (Phi) is 2.23. The van der Waals surface area contributed by atoms with Crippen molar-refractivity contribution in [2.45, 2.75) is 6.92 Å². The van der Waals surface area contributed by atoms with Crippen LogP contribution < -0.4 is 0 Å². The zero-order valence-corrected chi connectivity index (χ0v) is 10.2. The second-order valence-corrected chi connectivity index (χ2v) is 5.16. The quantitative estimate of drug-likeness (QED) is 0.685. The number of aromatic amines is 1. The van der Waals surface area contributed by atoms with Crippen LogP contribution in [0.4, 0.5) is 0 Å². The molecule has 0 radical (unpaired) electrons. The van der Waals surface area contributed by atoms with Crippen LogP contribution in [-0.4, -0.2) is 10.2 Å². The van der Waals surface area contributed by atoms with Crippen molar-refractivity contribution < 1.29 is 0 Å². The molecule has 2 heterocycles. The van der Waals surface area contributed by atoms with Gasteiger partial charge in [0.25, 0.3) is 0 Å². The SMILES string of the molecule is Cc1c(-c2ccn[nH]2)sc2ccc(Cl)cc12. The zero-order chi connectivity index (χ0) is 11.1. The van der Waals surface area contributed by atoms with Crippen LogP contribution in [0.1, 0.15) is 5.56 Å². The monoisotopic (exact) mass is 248 g/mol. The molecule has 0 aliphatic heterocycles. The molecule has 80 valence electrons. The number of H-pyrrole nitrogens is 1. The van der Waals surface area contributed by atoms with Gasteiger partial charge >= 0.3 is 0 Å².